The van der Waals surface area contributed by atoms with Gasteiger partial charge in [-0.1, -0.05) is 30.4 Å². The second kappa shape index (κ2) is 5.91. The SMILES string of the molecule is Cc1cccc(C)c1C=CC1CCN(C(=N)N)CC1. The van der Waals surface area contributed by atoms with E-state index >= 15 is 0 Å². The van der Waals surface area contributed by atoms with Crippen molar-refractivity contribution in [3.05, 3.63) is 41.0 Å². The van der Waals surface area contributed by atoms with Crippen LogP contribution < -0.4 is 5.73 Å². The first kappa shape index (κ1) is 13.7. The maximum atomic E-state index is 7.43. The minimum Gasteiger partial charge on any atom is -0.370 e. The third-order valence-electron chi connectivity index (χ3n) is 3.96. The second-order valence-electron chi connectivity index (χ2n) is 5.37. The van der Waals surface area contributed by atoms with Crippen molar-refractivity contribution in [2.24, 2.45) is 11.7 Å². The first-order valence-corrected chi connectivity index (χ1v) is 6.91. The van der Waals surface area contributed by atoms with E-state index in [2.05, 4.69) is 44.2 Å². The van der Waals surface area contributed by atoms with Crippen LogP contribution in [0.3, 0.4) is 0 Å². The molecule has 0 spiro atoms. The van der Waals surface area contributed by atoms with E-state index in [0.717, 1.165) is 25.9 Å². The Kier molecular flexibility index (Phi) is 4.25. The summed E-state index contributed by atoms with van der Waals surface area (Å²) in [6.45, 7) is 6.12. The summed E-state index contributed by atoms with van der Waals surface area (Å²) < 4.78 is 0. The summed E-state index contributed by atoms with van der Waals surface area (Å²) in [4.78, 5) is 1.95. The molecular weight excluding hydrogens is 234 g/mol. The highest BCUT2D eigenvalue weighted by molar-refractivity contribution is 5.74. The molecule has 0 saturated carbocycles. The number of aryl methyl sites for hydroxylation is 2. The van der Waals surface area contributed by atoms with Gasteiger partial charge in [0.1, 0.15) is 0 Å². The molecule has 3 N–H and O–H groups in total. The second-order valence-corrected chi connectivity index (χ2v) is 5.37. The number of guanidine groups is 1. The van der Waals surface area contributed by atoms with Crippen molar-refractivity contribution in [1.29, 1.82) is 5.41 Å². The van der Waals surface area contributed by atoms with Crippen LogP contribution in [0.15, 0.2) is 24.3 Å². The van der Waals surface area contributed by atoms with Crippen LogP contribution in [0.1, 0.15) is 29.5 Å². The number of nitrogens with one attached hydrogen (secondary N) is 1. The average Bonchev–Trinajstić information content (AvgIpc) is 2.38. The molecule has 3 heteroatoms. The standard InChI is InChI=1S/C16H23N3/c1-12-4-3-5-13(2)15(12)7-6-14-8-10-19(11-9-14)16(17)18/h3-7,14H,8-11H2,1-2H3,(H3,17,18). The van der Waals surface area contributed by atoms with Gasteiger partial charge < -0.3 is 10.6 Å². The van der Waals surface area contributed by atoms with Crippen molar-refractivity contribution in [2.75, 3.05) is 13.1 Å². The van der Waals surface area contributed by atoms with Gasteiger partial charge in [0, 0.05) is 13.1 Å². The number of nitrogens with two attached hydrogens (primary N) is 1. The Bertz CT molecular complexity index is 463. The molecule has 1 heterocycles. The Morgan fingerprint density at radius 3 is 2.37 bits per heavy atom. The summed E-state index contributed by atoms with van der Waals surface area (Å²) in [5.74, 6) is 0.812. The normalized spacial score (nSPS) is 17.1. The van der Waals surface area contributed by atoms with Gasteiger partial charge in [-0.3, -0.25) is 5.41 Å². The van der Waals surface area contributed by atoms with Crippen molar-refractivity contribution in [3.63, 3.8) is 0 Å². The predicted octanol–water partition coefficient (Wildman–Crippen LogP) is 2.92. The number of likely N-dealkylation sites (tertiary alicyclic amines) is 1. The smallest absolute Gasteiger partial charge is 0.188 e. The minimum atomic E-state index is 0.206. The molecule has 0 radical (unpaired) electrons. The predicted molar refractivity (Wildman–Crippen MR) is 81.2 cm³/mol. The lowest BCUT2D eigenvalue weighted by atomic mass is 9.94. The molecule has 0 unspecified atom stereocenters. The molecule has 1 aromatic rings. The minimum absolute atomic E-state index is 0.206. The highest BCUT2D eigenvalue weighted by Gasteiger charge is 2.17. The molecule has 0 bridgehead atoms. The summed E-state index contributed by atoms with van der Waals surface area (Å²) in [6, 6.07) is 6.42. The fourth-order valence-corrected chi connectivity index (χ4v) is 2.66. The van der Waals surface area contributed by atoms with E-state index < -0.39 is 0 Å². The monoisotopic (exact) mass is 257 g/mol. The van der Waals surface area contributed by atoms with Gasteiger partial charge in [-0.25, -0.2) is 0 Å². The number of hydrogen-bond acceptors (Lipinski definition) is 1. The zero-order valence-corrected chi connectivity index (χ0v) is 11.8. The zero-order valence-electron chi connectivity index (χ0n) is 11.8. The molecule has 1 aliphatic rings. The first-order valence-electron chi connectivity index (χ1n) is 6.91. The molecule has 0 aliphatic carbocycles. The largest absolute Gasteiger partial charge is 0.370 e. The fourth-order valence-electron chi connectivity index (χ4n) is 2.66. The maximum Gasteiger partial charge on any atom is 0.188 e. The molecule has 1 fully saturated rings. The van der Waals surface area contributed by atoms with Crippen LogP contribution in [0.5, 0.6) is 0 Å². The lowest BCUT2D eigenvalue weighted by Gasteiger charge is -2.30. The van der Waals surface area contributed by atoms with Crippen LogP contribution in [0, 0.1) is 25.2 Å². The summed E-state index contributed by atoms with van der Waals surface area (Å²) in [5.41, 5.74) is 9.51. The van der Waals surface area contributed by atoms with E-state index in [1.54, 1.807) is 0 Å². The van der Waals surface area contributed by atoms with E-state index in [0.29, 0.717) is 5.92 Å². The summed E-state index contributed by atoms with van der Waals surface area (Å²) in [5, 5.41) is 7.43. The molecule has 1 aliphatic heterocycles. The zero-order chi connectivity index (χ0) is 13.8. The van der Waals surface area contributed by atoms with Gasteiger partial charge in [0.15, 0.2) is 5.96 Å². The summed E-state index contributed by atoms with van der Waals surface area (Å²) in [6.07, 6.45) is 6.76. The van der Waals surface area contributed by atoms with E-state index in [1.165, 1.54) is 16.7 Å². The van der Waals surface area contributed by atoms with E-state index in [-0.39, 0.29) is 5.96 Å². The van der Waals surface area contributed by atoms with Crippen molar-refractivity contribution in [3.8, 4) is 0 Å². The Morgan fingerprint density at radius 2 is 1.84 bits per heavy atom. The van der Waals surface area contributed by atoms with Crippen LogP contribution >= 0.6 is 0 Å². The molecule has 0 amide bonds. The first-order chi connectivity index (χ1) is 9.08. The highest BCUT2D eigenvalue weighted by atomic mass is 15.2. The van der Waals surface area contributed by atoms with Gasteiger partial charge in [0.05, 0.1) is 0 Å². The van der Waals surface area contributed by atoms with Gasteiger partial charge in [-0.2, -0.15) is 0 Å². The van der Waals surface area contributed by atoms with Crippen molar-refractivity contribution in [1.82, 2.24) is 4.90 Å². The van der Waals surface area contributed by atoms with Gasteiger partial charge in [0.2, 0.25) is 0 Å². The van der Waals surface area contributed by atoms with Crippen LogP contribution in [0.25, 0.3) is 6.08 Å². The Labute approximate surface area is 115 Å². The van der Waals surface area contributed by atoms with Gasteiger partial charge in [-0.05, 0) is 49.3 Å². The molecule has 1 saturated heterocycles. The highest BCUT2D eigenvalue weighted by Crippen LogP contribution is 2.21. The number of piperidine rings is 1. The topological polar surface area (TPSA) is 53.1 Å². The van der Waals surface area contributed by atoms with E-state index in [9.17, 15) is 0 Å². The third-order valence-corrected chi connectivity index (χ3v) is 3.96. The van der Waals surface area contributed by atoms with Crippen LogP contribution in [0.4, 0.5) is 0 Å². The summed E-state index contributed by atoms with van der Waals surface area (Å²) in [7, 11) is 0. The molecular formula is C16H23N3. The van der Waals surface area contributed by atoms with E-state index in [1.807, 2.05) is 4.90 Å². The van der Waals surface area contributed by atoms with Crippen LogP contribution in [-0.2, 0) is 0 Å². The number of nitrogens with zero attached hydrogens (tertiary/aromatic N) is 1. The number of rotatable bonds is 2. The lowest BCUT2D eigenvalue weighted by Crippen LogP contribution is -2.41. The Hall–Kier alpha value is -1.77. The molecule has 102 valence electrons. The van der Waals surface area contributed by atoms with Gasteiger partial charge >= 0.3 is 0 Å². The molecule has 2 rings (SSSR count). The van der Waals surface area contributed by atoms with E-state index in [4.69, 9.17) is 11.1 Å². The number of hydrogen-bond donors (Lipinski definition) is 2. The van der Waals surface area contributed by atoms with Crippen molar-refractivity contribution < 1.29 is 0 Å². The third kappa shape index (κ3) is 3.37. The lowest BCUT2D eigenvalue weighted by molar-refractivity contribution is 0.295. The van der Waals surface area contributed by atoms with Crippen molar-refractivity contribution in [2.45, 2.75) is 26.7 Å². The molecule has 3 nitrogen and oxygen atoms in total. The maximum absolute atomic E-state index is 7.43. The fraction of sp³-hybridized carbons (Fsp3) is 0.438. The van der Waals surface area contributed by atoms with Crippen LogP contribution in [-0.4, -0.2) is 23.9 Å². The van der Waals surface area contributed by atoms with Gasteiger partial charge in [-0.15, -0.1) is 0 Å². The number of allylic oxidation sites excluding steroid dienone is 1. The Balaban J connectivity index is 1.99. The van der Waals surface area contributed by atoms with Crippen molar-refractivity contribution >= 4 is 12.0 Å². The summed E-state index contributed by atoms with van der Waals surface area (Å²) >= 11 is 0. The molecule has 1 aromatic carbocycles. The molecule has 0 atom stereocenters. The Morgan fingerprint density at radius 1 is 1.26 bits per heavy atom. The van der Waals surface area contributed by atoms with Crippen LogP contribution in [0.2, 0.25) is 0 Å². The molecule has 19 heavy (non-hydrogen) atoms. The number of benzene rings is 1. The average molecular weight is 257 g/mol. The quantitative estimate of drug-likeness (QED) is 0.632. The van der Waals surface area contributed by atoms with Gasteiger partial charge in [0.25, 0.3) is 0 Å². The molecule has 0 aromatic heterocycles.